The van der Waals surface area contributed by atoms with Crippen molar-refractivity contribution in [2.75, 3.05) is 11.9 Å². The zero-order valence-corrected chi connectivity index (χ0v) is 9.18. The van der Waals surface area contributed by atoms with E-state index in [4.69, 9.17) is 0 Å². The van der Waals surface area contributed by atoms with E-state index >= 15 is 0 Å². The molecule has 0 bridgehead atoms. The third kappa shape index (κ3) is 2.12. The molecular formula is C12H17FN2. The van der Waals surface area contributed by atoms with Gasteiger partial charge in [-0.3, -0.25) is 0 Å². The molecule has 0 spiro atoms. The third-order valence-electron chi connectivity index (χ3n) is 2.68. The molecule has 0 radical (unpaired) electrons. The highest BCUT2D eigenvalue weighted by Crippen LogP contribution is 2.31. The van der Waals surface area contributed by atoms with Gasteiger partial charge in [0.15, 0.2) is 0 Å². The number of halogens is 1. The van der Waals surface area contributed by atoms with Crippen LogP contribution in [0.3, 0.4) is 0 Å². The van der Waals surface area contributed by atoms with E-state index in [-0.39, 0.29) is 11.9 Å². The number of nitrogens with one attached hydrogen (secondary N) is 2. The Balaban J connectivity index is 2.32. The first kappa shape index (κ1) is 10.4. The lowest BCUT2D eigenvalue weighted by Gasteiger charge is -2.29. The van der Waals surface area contributed by atoms with E-state index in [1.165, 1.54) is 6.07 Å². The quantitative estimate of drug-likeness (QED) is 0.780. The van der Waals surface area contributed by atoms with Gasteiger partial charge in [-0.25, -0.2) is 4.39 Å². The minimum atomic E-state index is -0.113. The third-order valence-corrected chi connectivity index (χ3v) is 2.68. The maximum Gasteiger partial charge on any atom is 0.130 e. The number of anilines is 1. The van der Waals surface area contributed by atoms with E-state index in [2.05, 4.69) is 24.5 Å². The van der Waals surface area contributed by atoms with E-state index in [1.54, 1.807) is 6.07 Å². The van der Waals surface area contributed by atoms with Crippen molar-refractivity contribution in [3.05, 3.63) is 29.6 Å². The summed E-state index contributed by atoms with van der Waals surface area (Å²) in [6.45, 7) is 5.08. The number of fused-ring (bicyclic) bond motifs is 1. The summed E-state index contributed by atoms with van der Waals surface area (Å²) in [6, 6.07) is 5.73. The average molecular weight is 208 g/mol. The van der Waals surface area contributed by atoms with Crippen LogP contribution in [0.15, 0.2) is 18.2 Å². The summed E-state index contributed by atoms with van der Waals surface area (Å²) in [5.41, 5.74) is 1.72. The Labute approximate surface area is 89.9 Å². The van der Waals surface area contributed by atoms with Gasteiger partial charge < -0.3 is 10.6 Å². The lowest BCUT2D eigenvalue weighted by atomic mass is 9.97. The van der Waals surface area contributed by atoms with Gasteiger partial charge in [0, 0.05) is 29.9 Å². The topological polar surface area (TPSA) is 24.1 Å². The molecule has 0 saturated heterocycles. The first-order valence-corrected chi connectivity index (χ1v) is 5.47. The predicted octanol–water partition coefficient (Wildman–Crippen LogP) is 2.68. The minimum absolute atomic E-state index is 0.113. The summed E-state index contributed by atoms with van der Waals surface area (Å²) in [4.78, 5) is 0. The van der Waals surface area contributed by atoms with Crippen molar-refractivity contribution in [2.45, 2.75) is 32.4 Å². The number of rotatable bonds is 2. The van der Waals surface area contributed by atoms with Crippen molar-refractivity contribution in [2.24, 2.45) is 0 Å². The molecule has 0 amide bonds. The zero-order valence-electron chi connectivity index (χ0n) is 9.18. The van der Waals surface area contributed by atoms with Crippen molar-refractivity contribution in [1.29, 1.82) is 0 Å². The van der Waals surface area contributed by atoms with Gasteiger partial charge in [-0.15, -0.1) is 0 Å². The Bertz CT molecular complexity index is 349. The fourth-order valence-electron chi connectivity index (χ4n) is 2.11. The van der Waals surface area contributed by atoms with Crippen LogP contribution >= 0.6 is 0 Å². The van der Waals surface area contributed by atoms with Gasteiger partial charge in [-0.05, 0) is 18.6 Å². The SMILES string of the molecule is CC(C)NC1CCNc2cccc(F)c21. The molecule has 1 aromatic carbocycles. The van der Waals surface area contributed by atoms with Crippen LogP contribution < -0.4 is 10.6 Å². The lowest BCUT2D eigenvalue weighted by Crippen LogP contribution is -2.33. The second-order valence-corrected chi connectivity index (χ2v) is 4.29. The minimum Gasteiger partial charge on any atom is -0.385 e. The van der Waals surface area contributed by atoms with Crippen molar-refractivity contribution >= 4 is 5.69 Å². The van der Waals surface area contributed by atoms with Gasteiger partial charge in [0.25, 0.3) is 0 Å². The summed E-state index contributed by atoms with van der Waals surface area (Å²) in [5.74, 6) is -0.113. The van der Waals surface area contributed by atoms with Crippen molar-refractivity contribution < 1.29 is 4.39 Å². The first-order chi connectivity index (χ1) is 7.18. The molecular weight excluding hydrogens is 191 g/mol. The van der Waals surface area contributed by atoms with Gasteiger partial charge >= 0.3 is 0 Å². The van der Waals surface area contributed by atoms with E-state index in [0.717, 1.165) is 24.2 Å². The van der Waals surface area contributed by atoms with E-state index in [9.17, 15) is 4.39 Å². The summed E-state index contributed by atoms with van der Waals surface area (Å²) in [6.07, 6.45) is 0.937. The average Bonchev–Trinajstić information content (AvgIpc) is 2.17. The van der Waals surface area contributed by atoms with Crippen molar-refractivity contribution in [1.82, 2.24) is 5.32 Å². The molecule has 1 aliphatic heterocycles. The molecule has 1 aliphatic rings. The molecule has 0 fully saturated rings. The predicted molar refractivity (Wildman–Crippen MR) is 60.5 cm³/mol. The van der Waals surface area contributed by atoms with Crippen molar-refractivity contribution in [3.8, 4) is 0 Å². The van der Waals surface area contributed by atoms with Crippen LogP contribution in [0.2, 0.25) is 0 Å². The molecule has 2 N–H and O–H groups in total. The molecule has 0 aliphatic carbocycles. The van der Waals surface area contributed by atoms with Crippen LogP contribution in [0.5, 0.6) is 0 Å². The number of benzene rings is 1. The van der Waals surface area contributed by atoms with Crippen LogP contribution in [-0.2, 0) is 0 Å². The van der Waals surface area contributed by atoms with Gasteiger partial charge in [0.1, 0.15) is 5.82 Å². The molecule has 1 unspecified atom stereocenters. The van der Waals surface area contributed by atoms with E-state index in [0.29, 0.717) is 6.04 Å². The van der Waals surface area contributed by atoms with Gasteiger partial charge in [-0.2, -0.15) is 0 Å². The number of hydrogen-bond donors (Lipinski definition) is 2. The molecule has 1 atom stereocenters. The summed E-state index contributed by atoms with van der Waals surface area (Å²) in [7, 11) is 0. The number of hydrogen-bond acceptors (Lipinski definition) is 2. The van der Waals surface area contributed by atoms with Crippen LogP contribution in [0.4, 0.5) is 10.1 Å². The van der Waals surface area contributed by atoms with E-state index < -0.39 is 0 Å². The standard InChI is InChI=1S/C12H17FN2/c1-8(2)15-11-6-7-14-10-5-3-4-9(13)12(10)11/h3-5,8,11,14-15H,6-7H2,1-2H3. The molecule has 1 heterocycles. The first-order valence-electron chi connectivity index (χ1n) is 5.47. The Morgan fingerprint density at radius 2 is 2.27 bits per heavy atom. The van der Waals surface area contributed by atoms with E-state index in [1.807, 2.05) is 6.07 Å². The smallest absolute Gasteiger partial charge is 0.130 e. The molecule has 15 heavy (non-hydrogen) atoms. The second-order valence-electron chi connectivity index (χ2n) is 4.29. The molecule has 3 heteroatoms. The second kappa shape index (κ2) is 4.19. The van der Waals surface area contributed by atoms with Crippen LogP contribution in [0.1, 0.15) is 31.9 Å². The zero-order chi connectivity index (χ0) is 10.8. The maximum atomic E-state index is 13.7. The fraction of sp³-hybridized carbons (Fsp3) is 0.500. The van der Waals surface area contributed by atoms with Crippen LogP contribution in [0.25, 0.3) is 0 Å². The summed E-state index contributed by atoms with van der Waals surface area (Å²) < 4.78 is 13.7. The Morgan fingerprint density at radius 3 is 3.00 bits per heavy atom. The lowest BCUT2D eigenvalue weighted by molar-refractivity contribution is 0.435. The summed E-state index contributed by atoms with van der Waals surface area (Å²) in [5, 5.41) is 6.63. The normalized spacial score (nSPS) is 19.9. The van der Waals surface area contributed by atoms with Gasteiger partial charge in [0.2, 0.25) is 0 Å². The van der Waals surface area contributed by atoms with Crippen LogP contribution in [-0.4, -0.2) is 12.6 Å². The largest absolute Gasteiger partial charge is 0.385 e. The summed E-state index contributed by atoms with van der Waals surface area (Å²) >= 11 is 0. The van der Waals surface area contributed by atoms with Gasteiger partial charge in [-0.1, -0.05) is 19.9 Å². The highest BCUT2D eigenvalue weighted by atomic mass is 19.1. The molecule has 2 rings (SSSR count). The monoisotopic (exact) mass is 208 g/mol. The molecule has 2 nitrogen and oxygen atoms in total. The van der Waals surface area contributed by atoms with Gasteiger partial charge in [0.05, 0.1) is 0 Å². The highest BCUT2D eigenvalue weighted by Gasteiger charge is 2.23. The Hall–Kier alpha value is -1.09. The molecule has 82 valence electrons. The maximum absolute atomic E-state index is 13.7. The Kier molecular flexibility index (Phi) is 2.91. The van der Waals surface area contributed by atoms with Crippen molar-refractivity contribution in [3.63, 3.8) is 0 Å². The highest BCUT2D eigenvalue weighted by molar-refractivity contribution is 5.55. The Morgan fingerprint density at radius 1 is 1.47 bits per heavy atom. The fourth-order valence-corrected chi connectivity index (χ4v) is 2.11. The van der Waals surface area contributed by atoms with Crippen LogP contribution in [0, 0.1) is 5.82 Å². The molecule has 0 aromatic heterocycles. The molecule has 1 aromatic rings. The molecule has 0 saturated carbocycles.